The Balaban J connectivity index is 1.95. The van der Waals surface area contributed by atoms with Gasteiger partial charge < -0.3 is 4.90 Å². The van der Waals surface area contributed by atoms with Crippen LogP contribution in [0.2, 0.25) is 0 Å². The van der Waals surface area contributed by atoms with Gasteiger partial charge in [0.1, 0.15) is 0 Å². The van der Waals surface area contributed by atoms with E-state index in [1.807, 2.05) is 23.4 Å². The van der Waals surface area contributed by atoms with Crippen molar-refractivity contribution in [2.75, 3.05) is 26.7 Å². The lowest BCUT2D eigenvalue weighted by Crippen LogP contribution is -2.41. The maximum atomic E-state index is 12.2. The largest absolute Gasteiger partial charge is 0.340 e. The van der Waals surface area contributed by atoms with Gasteiger partial charge in [-0.2, -0.15) is 0 Å². The number of hydrogen-bond donors (Lipinski definition) is 0. The summed E-state index contributed by atoms with van der Waals surface area (Å²) in [5.41, 5.74) is 0.787. The Hall–Kier alpha value is -0.390. The van der Waals surface area contributed by atoms with Crippen LogP contribution in [0.1, 0.15) is 30.1 Å². The molecule has 0 aliphatic carbocycles. The van der Waals surface area contributed by atoms with Crippen molar-refractivity contribution >= 4 is 33.2 Å². The highest BCUT2D eigenvalue weighted by Crippen LogP contribution is 2.22. The third kappa shape index (κ3) is 3.13. The molecule has 1 aromatic rings. The second kappa shape index (κ2) is 6.17. The van der Waals surface area contributed by atoms with E-state index in [1.54, 1.807) is 11.3 Å². The number of rotatable bonds is 4. The van der Waals surface area contributed by atoms with Crippen LogP contribution in [0, 0.1) is 0 Å². The van der Waals surface area contributed by atoms with Crippen molar-refractivity contribution in [2.45, 2.75) is 25.8 Å². The first-order chi connectivity index (χ1) is 8.61. The van der Waals surface area contributed by atoms with Gasteiger partial charge in [-0.15, -0.1) is 11.3 Å². The molecule has 1 atom stereocenters. The van der Waals surface area contributed by atoms with Crippen molar-refractivity contribution in [2.24, 2.45) is 0 Å². The number of thiophene rings is 1. The SMILES string of the molecule is CCN1CCCC1CN(C)C(=O)c1csc(Br)c1. The molecule has 1 aliphatic rings. The molecule has 2 rings (SSSR count). The average Bonchev–Trinajstić information content (AvgIpc) is 2.96. The van der Waals surface area contributed by atoms with Crippen molar-refractivity contribution in [1.82, 2.24) is 9.80 Å². The third-order valence-corrected chi connectivity index (χ3v) is 5.06. The predicted molar refractivity (Wildman–Crippen MR) is 79.2 cm³/mol. The number of amides is 1. The zero-order valence-corrected chi connectivity index (χ0v) is 13.3. The van der Waals surface area contributed by atoms with E-state index in [9.17, 15) is 4.79 Å². The smallest absolute Gasteiger partial charge is 0.254 e. The van der Waals surface area contributed by atoms with Crippen molar-refractivity contribution in [1.29, 1.82) is 0 Å². The molecule has 0 radical (unpaired) electrons. The molecule has 1 fully saturated rings. The second-order valence-electron chi connectivity index (χ2n) is 4.75. The normalized spacial score (nSPS) is 20.3. The summed E-state index contributed by atoms with van der Waals surface area (Å²) in [5.74, 6) is 0.125. The fraction of sp³-hybridized carbons (Fsp3) is 0.615. The Labute approximate surface area is 121 Å². The summed E-state index contributed by atoms with van der Waals surface area (Å²) in [5, 5.41) is 1.91. The van der Waals surface area contributed by atoms with Crippen LogP contribution in [-0.4, -0.2) is 48.4 Å². The molecule has 0 aromatic carbocycles. The van der Waals surface area contributed by atoms with Gasteiger partial charge >= 0.3 is 0 Å². The lowest BCUT2D eigenvalue weighted by molar-refractivity contribution is 0.0755. The van der Waals surface area contributed by atoms with Gasteiger partial charge in [-0.05, 0) is 47.9 Å². The van der Waals surface area contributed by atoms with Crippen LogP contribution < -0.4 is 0 Å². The van der Waals surface area contributed by atoms with Crippen LogP contribution >= 0.6 is 27.3 Å². The van der Waals surface area contributed by atoms with Crippen molar-refractivity contribution < 1.29 is 4.79 Å². The van der Waals surface area contributed by atoms with E-state index >= 15 is 0 Å². The van der Waals surface area contributed by atoms with Crippen LogP contribution in [-0.2, 0) is 0 Å². The summed E-state index contributed by atoms with van der Waals surface area (Å²) in [6.45, 7) is 5.28. The maximum Gasteiger partial charge on any atom is 0.254 e. The number of hydrogen-bond acceptors (Lipinski definition) is 3. The molecule has 2 heterocycles. The van der Waals surface area contributed by atoms with Crippen LogP contribution in [0.3, 0.4) is 0 Å². The Morgan fingerprint density at radius 2 is 2.44 bits per heavy atom. The summed E-state index contributed by atoms with van der Waals surface area (Å²) in [6, 6.07) is 2.43. The number of carbonyl (C=O) groups excluding carboxylic acids is 1. The van der Waals surface area contributed by atoms with E-state index in [4.69, 9.17) is 0 Å². The molecule has 1 aliphatic heterocycles. The lowest BCUT2D eigenvalue weighted by Gasteiger charge is -2.27. The monoisotopic (exact) mass is 330 g/mol. The van der Waals surface area contributed by atoms with Crippen LogP contribution in [0.4, 0.5) is 0 Å². The van der Waals surface area contributed by atoms with Gasteiger partial charge in [-0.1, -0.05) is 6.92 Å². The van der Waals surface area contributed by atoms with E-state index in [-0.39, 0.29) is 5.91 Å². The second-order valence-corrected chi connectivity index (χ2v) is 7.04. The standard InChI is InChI=1S/C13H19BrN2OS/c1-3-16-6-4-5-11(16)8-15(2)13(17)10-7-12(14)18-9-10/h7,9,11H,3-6,8H2,1-2H3. The minimum Gasteiger partial charge on any atom is -0.340 e. The van der Waals surface area contributed by atoms with Gasteiger partial charge in [0.05, 0.1) is 9.35 Å². The molecule has 0 bridgehead atoms. The van der Waals surface area contributed by atoms with E-state index in [2.05, 4.69) is 27.8 Å². The minimum absolute atomic E-state index is 0.125. The average molecular weight is 331 g/mol. The summed E-state index contributed by atoms with van der Waals surface area (Å²) in [7, 11) is 1.90. The molecule has 1 aromatic heterocycles. The van der Waals surface area contributed by atoms with Gasteiger partial charge in [-0.3, -0.25) is 9.69 Å². The molecule has 1 saturated heterocycles. The fourth-order valence-electron chi connectivity index (χ4n) is 2.56. The zero-order chi connectivity index (χ0) is 13.1. The van der Waals surface area contributed by atoms with Gasteiger partial charge in [0.2, 0.25) is 0 Å². The molecule has 0 N–H and O–H groups in total. The van der Waals surface area contributed by atoms with Gasteiger partial charge in [0.25, 0.3) is 5.91 Å². The van der Waals surface area contributed by atoms with Crippen LogP contribution in [0.25, 0.3) is 0 Å². The molecule has 100 valence electrons. The van der Waals surface area contributed by atoms with E-state index in [0.29, 0.717) is 6.04 Å². The minimum atomic E-state index is 0.125. The molecular formula is C13H19BrN2OS. The van der Waals surface area contributed by atoms with Crippen LogP contribution in [0.15, 0.2) is 15.2 Å². The number of carbonyl (C=O) groups is 1. The van der Waals surface area contributed by atoms with E-state index in [0.717, 1.165) is 22.4 Å². The molecule has 18 heavy (non-hydrogen) atoms. The Morgan fingerprint density at radius 1 is 1.67 bits per heavy atom. The molecular weight excluding hydrogens is 312 g/mol. The van der Waals surface area contributed by atoms with Crippen LogP contribution in [0.5, 0.6) is 0 Å². The van der Waals surface area contributed by atoms with Crippen molar-refractivity contribution in [3.05, 3.63) is 20.8 Å². The summed E-state index contributed by atoms with van der Waals surface area (Å²) in [6.07, 6.45) is 2.46. The lowest BCUT2D eigenvalue weighted by atomic mass is 10.2. The number of likely N-dealkylation sites (tertiary alicyclic amines) is 1. The summed E-state index contributed by atoms with van der Waals surface area (Å²) >= 11 is 4.95. The molecule has 1 amide bonds. The highest BCUT2D eigenvalue weighted by Gasteiger charge is 2.26. The number of halogens is 1. The van der Waals surface area contributed by atoms with Crippen molar-refractivity contribution in [3.63, 3.8) is 0 Å². The number of likely N-dealkylation sites (N-methyl/N-ethyl adjacent to an activating group) is 2. The molecule has 0 spiro atoms. The fourth-order valence-corrected chi connectivity index (χ4v) is 3.69. The van der Waals surface area contributed by atoms with Gasteiger partial charge in [0, 0.05) is 25.0 Å². The molecule has 1 unspecified atom stereocenters. The first kappa shape index (κ1) is 14.0. The molecule has 3 nitrogen and oxygen atoms in total. The Kier molecular flexibility index (Phi) is 4.81. The Bertz CT molecular complexity index is 421. The first-order valence-corrected chi connectivity index (χ1v) is 8.02. The summed E-state index contributed by atoms with van der Waals surface area (Å²) < 4.78 is 1.01. The van der Waals surface area contributed by atoms with Gasteiger partial charge in [0.15, 0.2) is 0 Å². The van der Waals surface area contributed by atoms with Crippen molar-refractivity contribution in [3.8, 4) is 0 Å². The number of nitrogens with zero attached hydrogens (tertiary/aromatic N) is 2. The topological polar surface area (TPSA) is 23.6 Å². The Morgan fingerprint density at radius 3 is 3.06 bits per heavy atom. The molecule has 0 saturated carbocycles. The predicted octanol–water partition coefficient (Wildman–Crippen LogP) is 3.07. The van der Waals surface area contributed by atoms with E-state index in [1.165, 1.54) is 19.4 Å². The highest BCUT2D eigenvalue weighted by molar-refractivity contribution is 9.11. The van der Waals surface area contributed by atoms with E-state index < -0.39 is 0 Å². The zero-order valence-electron chi connectivity index (χ0n) is 10.9. The highest BCUT2D eigenvalue weighted by atomic mass is 79.9. The van der Waals surface area contributed by atoms with Gasteiger partial charge in [-0.25, -0.2) is 0 Å². The molecule has 5 heteroatoms. The summed E-state index contributed by atoms with van der Waals surface area (Å²) in [4.78, 5) is 16.6. The quantitative estimate of drug-likeness (QED) is 0.847. The first-order valence-electron chi connectivity index (χ1n) is 6.35. The maximum absolute atomic E-state index is 12.2. The third-order valence-electron chi connectivity index (χ3n) is 3.55.